The number of carbonyl (C=O) groups excluding carboxylic acids is 1. The molecule has 0 radical (unpaired) electrons. The fourth-order valence-corrected chi connectivity index (χ4v) is 5.76. The first-order valence-corrected chi connectivity index (χ1v) is 14.4. The average molecular weight is 565 g/mol. The van der Waals surface area contributed by atoms with Crippen molar-refractivity contribution in [1.82, 2.24) is 14.7 Å². The normalized spacial score (nSPS) is 15.3. The maximum atomic E-state index is 13.4. The predicted octanol–water partition coefficient (Wildman–Crippen LogP) is 7.26. The number of nitrogens with zero attached hydrogens (tertiary/aromatic N) is 4. The van der Waals surface area contributed by atoms with Crippen molar-refractivity contribution in [3.63, 3.8) is 0 Å². The molecule has 1 aromatic heterocycles. The van der Waals surface area contributed by atoms with Gasteiger partial charge in [0.1, 0.15) is 10.0 Å². The number of thiocarbonyl (C=S) groups is 1. The quantitative estimate of drug-likeness (QED) is 0.0989. The van der Waals surface area contributed by atoms with Crippen LogP contribution in [0.5, 0.6) is 5.75 Å². The Hall–Kier alpha value is -3.50. The van der Waals surface area contributed by atoms with Crippen molar-refractivity contribution in [2.45, 2.75) is 46.5 Å². The molecular formula is C29H32N4O4S2. The monoisotopic (exact) mass is 564 g/mol. The van der Waals surface area contributed by atoms with E-state index in [4.69, 9.17) is 22.1 Å². The number of benzene rings is 2. The van der Waals surface area contributed by atoms with E-state index >= 15 is 0 Å². The van der Waals surface area contributed by atoms with Crippen molar-refractivity contribution in [3.8, 4) is 22.7 Å². The van der Waals surface area contributed by atoms with Gasteiger partial charge in [0, 0.05) is 29.9 Å². The van der Waals surface area contributed by atoms with Crippen LogP contribution in [-0.2, 0) is 4.79 Å². The van der Waals surface area contributed by atoms with E-state index in [0.717, 1.165) is 31.4 Å². The Balaban J connectivity index is 1.74. The van der Waals surface area contributed by atoms with Crippen LogP contribution in [0.3, 0.4) is 0 Å². The molecule has 1 fully saturated rings. The molecule has 0 saturated carbocycles. The first-order valence-electron chi connectivity index (χ1n) is 13.2. The van der Waals surface area contributed by atoms with E-state index in [1.54, 1.807) is 34.7 Å². The number of hydrogen-bond donors (Lipinski definition) is 0. The zero-order valence-electron chi connectivity index (χ0n) is 22.3. The van der Waals surface area contributed by atoms with Crippen molar-refractivity contribution in [2.24, 2.45) is 5.92 Å². The molecule has 4 rings (SSSR count). The summed E-state index contributed by atoms with van der Waals surface area (Å²) in [5, 5.41) is 16.6. The number of aromatic nitrogens is 2. The maximum absolute atomic E-state index is 13.4. The Morgan fingerprint density at radius 2 is 1.95 bits per heavy atom. The Morgan fingerprint density at radius 3 is 2.62 bits per heavy atom. The van der Waals surface area contributed by atoms with Gasteiger partial charge in [-0.2, -0.15) is 5.10 Å². The number of carbonyl (C=O) groups is 1. The number of hydrogen-bond acceptors (Lipinski definition) is 7. The summed E-state index contributed by atoms with van der Waals surface area (Å²) in [4.78, 5) is 27.0. The molecule has 0 aliphatic carbocycles. The standard InChI is InChI=1S/C29H32N4O4S2/c1-4-7-11-20(5-2)18-31-28(34)26(39-29(31)38)17-22-19-32(23-12-9-8-10-13-23)30-27(22)21-14-15-25(37-6-3)24(16-21)33(35)36/h8-10,12-17,19-20H,4-7,11,18H2,1-3H3/b26-17-/t20-/m1/s1. The van der Waals surface area contributed by atoms with Crippen molar-refractivity contribution in [1.29, 1.82) is 0 Å². The van der Waals surface area contributed by atoms with E-state index in [9.17, 15) is 14.9 Å². The molecule has 1 atom stereocenters. The van der Waals surface area contributed by atoms with Gasteiger partial charge in [0.15, 0.2) is 5.75 Å². The Morgan fingerprint density at radius 1 is 1.18 bits per heavy atom. The van der Waals surface area contributed by atoms with Crippen LogP contribution in [0.15, 0.2) is 59.6 Å². The highest BCUT2D eigenvalue weighted by atomic mass is 32.2. The number of amides is 1. The molecule has 8 nitrogen and oxygen atoms in total. The molecule has 2 aromatic carbocycles. The van der Waals surface area contributed by atoms with Crippen molar-refractivity contribution >= 4 is 46.0 Å². The highest BCUT2D eigenvalue weighted by molar-refractivity contribution is 8.26. The van der Waals surface area contributed by atoms with E-state index in [2.05, 4.69) is 13.8 Å². The number of ether oxygens (including phenoxy) is 1. The number of rotatable bonds is 12. The smallest absolute Gasteiger partial charge is 0.311 e. The summed E-state index contributed by atoms with van der Waals surface area (Å²) >= 11 is 6.88. The van der Waals surface area contributed by atoms with Crippen molar-refractivity contribution in [2.75, 3.05) is 13.2 Å². The SMILES string of the molecule is CCCC[C@@H](CC)CN1C(=O)/C(=C/c2cn(-c3ccccc3)nc2-c2ccc(OCC)c([N+](=O)[O-])c2)SC1=S. The summed E-state index contributed by atoms with van der Waals surface area (Å²) in [6.45, 7) is 7.02. The number of para-hydroxylation sites is 1. The molecule has 1 amide bonds. The van der Waals surface area contributed by atoms with Gasteiger partial charge in [-0.3, -0.25) is 19.8 Å². The highest BCUT2D eigenvalue weighted by Gasteiger charge is 2.33. The second-order valence-electron chi connectivity index (χ2n) is 9.29. The van der Waals surface area contributed by atoms with Gasteiger partial charge >= 0.3 is 5.69 Å². The summed E-state index contributed by atoms with van der Waals surface area (Å²) in [7, 11) is 0. The first kappa shape index (κ1) is 28.5. The summed E-state index contributed by atoms with van der Waals surface area (Å²) in [5.41, 5.74) is 2.42. The second kappa shape index (κ2) is 13.0. The second-order valence-corrected chi connectivity index (χ2v) is 11.0. The van der Waals surface area contributed by atoms with Gasteiger partial charge in [-0.15, -0.1) is 0 Å². The molecule has 0 bridgehead atoms. The van der Waals surface area contributed by atoms with Crippen LogP contribution < -0.4 is 4.74 Å². The van der Waals surface area contributed by atoms with E-state index in [1.165, 1.54) is 17.8 Å². The highest BCUT2D eigenvalue weighted by Crippen LogP contribution is 2.38. The number of thioether (sulfide) groups is 1. The lowest BCUT2D eigenvalue weighted by Gasteiger charge is -2.21. The molecule has 2 heterocycles. The molecule has 1 aliphatic heterocycles. The van der Waals surface area contributed by atoms with Crippen LogP contribution >= 0.6 is 24.0 Å². The molecule has 3 aromatic rings. The van der Waals surface area contributed by atoms with Crippen LogP contribution in [0, 0.1) is 16.0 Å². The molecular weight excluding hydrogens is 532 g/mol. The fraction of sp³-hybridized carbons (Fsp3) is 0.345. The van der Waals surface area contributed by atoms with Crippen LogP contribution in [0.4, 0.5) is 5.69 Å². The number of nitro groups is 1. The molecule has 10 heteroatoms. The minimum Gasteiger partial charge on any atom is -0.487 e. The van der Waals surface area contributed by atoms with Gasteiger partial charge in [-0.1, -0.05) is 75.3 Å². The molecule has 1 saturated heterocycles. The third-order valence-corrected chi connectivity index (χ3v) is 8.01. The predicted molar refractivity (Wildman–Crippen MR) is 160 cm³/mol. The van der Waals surface area contributed by atoms with Crippen LogP contribution in [-0.4, -0.2) is 43.0 Å². The topological polar surface area (TPSA) is 90.5 Å². The average Bonchev–Trinajstić information content (AvgIpc) is 3.47. The van der Waals surface area contributed by atoms with Gasteiger partial charge in [0.25, 0.3) is 5.91 Å². The van der Waals surface area contributed by atoms with Crippen LogP contribution in [0.25, 0.3) is 23.0 Å². The van der Waals surface area contributed by atoms with Crippen LogP contribution in [0.2, 0.25) is 0 Å². The largest absolute Gasteiger partial charge is 0.487 e. The van der Waals surface area contributed by atoms with E-state index in [-0.39, 0.29) is 17.3 Å². The summed E-state index contributed by atoms with van der Waals surface area (Å²) < 4.78 is 7.72. The minimum absolute atomic E-state index is 0.115. The molecule has 0 unspecified atom stereocenters. The summed E-state index contributed by atoms with van der Waals surface area (Å²) in [6.07, 6.45) is 7.91. The minimum atomic E-state index is -0.462. The zero-order valence-corrected chi connectivity index (χ0v) is 24.0. The molecule has 0 spiro atoms. The lowest BCUT2D eigenvalue weighted by atomic mass is 9.99. The molecule has 204 valence electrons. The van der Waals surface area contributed by atoms with E-state index < -0.39 is 4.92 Å². The third-order valence-electron chi connectivity index (χ3n) is 6.64. The molecule has 39 heavy (non-hydrogen) atoms. The number of unbranched alkanes of at least 4 members (excludes halogenated alkanes) is 1. The van der Waals surface area contributed by atoms with Crippen LogP contribution in [0.1, 0.15) is 52.0 Å². The van der Waals surface area contributed by atoms with Gasteiger partial charge in [-0.25, -0.2) is 4.68 Å². The lowest BCUT2D eigenvalue weighted by Crippen LogP contribution is -2.33. The Bertz CT molecular complexity index is 1390. The van der Waals surface area contributed by atoms with Gasteiger partial charge < -0.3 is 4.74 Å². The van der Waals surface area contributed by atoms with E-state index in [1.807, 2.05) is 36.5 Å². The van der Waals surface area contributed by atoms with Crippen molar-refractivity contribution in [3.05, 3.63) is 75.3 Å². The molecule has 1 aliphatic rings. The zero-order chi connectivity index (χ0) is 27.9. The number of nitro benzene ring substituents is 1. The maximum Gasteiger partial charge on any atom is 0.311 e. The fourth-order valence-electron chi connectivity index (χ4n) is 4.49. The Labute approximate surface area is 238 Å². The summed E-state index contributed by atoms with van der Waals surface area (Å²) in [6, 6.07) is 14.4. The summed E-state index contributed by atoms with van der Waals surface area (Å²) in [5.74, 6) is 0.480. The van der Waals surface area contributed by atoms with E-state index in [0.29, 0.717) is 45.1 Å². The lowest BCUT2D eigenvalue weighted by molar-refractivity contribution is -0.385. The van der Waals surface area contributed by atoms with Gasteiger partial charge in [0.05, 0.1) is 22.1 Å². The first-order chi connectivity index (χ1) is 18.9. The van der Waals surface area contributed by atoms with Gasteiger partial charge in [0.2, 0.25) is 0 Å². The molecule has 0 N–H and O–H groups in total. The van der Waals surface area contributed by atoms with Gasteiger partial charge in [-0.05, 0) is 49.6 Å². The van der Waals surface area contributed by atoms with Crippen molar-refractivity contribution < 1.29 is 14.5 Å². The third kappa shape index (κ3) is 6.57. The Kier molecular flexibility index (Phi) is 9.53.